The minimum Gasteiger partial charge on any atom is -0.481 e. The van der Waals surface area contributed by atoms with Gasteiger partial charge in [0.25, 0.3) is 0 Å². The van der Waals surface area contributed by atoms with Gasteiger partial charge in [0.2, 0.25) is 0 Å². The third-order valence-electron chi connectivity index (χ3n) is 11.7. The van der Waals surface area contributed by atoms with Crippen LogP contribution in [-0.4, -0.2) is 51.3 Å². The fraction of sp³-hybridized carbons (Fsp3) is 0.733. The Hall–Kier alpha value is -2.12. The summed E-state index contributed by atoms with van der Waals surface area (Å²) in [7, 11) is 0. The Bertz CT molecular complexity index is 1180. The van der Waals surface area contributed by atoms with E-state index in [0.717, 1.165) is 5.57 Å². The van der Waals surface area contributed by atoms with Crippen LogP contribution in [0.5, 0.6) is 0 Å². The van der Waals surface area contributed by atoms with Crippen molar-refractivity contribution < 1.29 is 34.1 Å². The first kappa shape index (κ1) is 26.5. The number of allylic oxidation sites excluding steroid dienone is 3. The number of ether oxygens (including phenoxy) is 1. The number of ketones is 3. The summed E-state index contributed by atoms with van der Waals surface area (Å²) in [6.07, 6.45) is 4.30. The highest BCUT2D eigenvalue weighted by Crippen LogP contribution is 2.79. The minimum absolute atomic E-state index is 0.0544. The van der Waals surface area contributed by atoms with Crippen molar-refractivity contribution in [2.75, 3.05) is 0 Å². The molecule has 7 heteroatoms. The number of hydrogen-bond acceptors (Lipinski definition) is 6. The predicted octanol–water partition coefficient (Wildman–Crippen LogP) is 4.07. The molecule has 1 aliphatic heterocycles. The summed E-state index contributed by atoms with van der Waals surface area (Å²) in [5.74, 6) is -2.25. The molecule has 0 amide bonds. The number of rotatable bonds is 5. The van der Waals surface area contributed by atoms with E-state index in [0.29, 0.717) is 31.3 Å². The number of carbonyl (C=O) groups excluding carboxylic acids is 3. The molecule has 3 saturated carbocycles. The lowest BCUT2D eigenvalue weighted by molar-refractivity contribution is -0.148. The van der Waals surface area contributed by atoms with Crippen molar-refractivity contribution in [1.29, 1.82) is 0 Å². The molecule has 202 valence electrons. The maximum absolute atomic E-state index is 14.2. The first-order valence-electron chi connectivity index (χ1n) is 13.6. The average Bonchev–Trinajstić information content (AvgIpc) is 3.49. The summed E-state index contributed by atoms with van der Waals surface area (Å²) < 4.78 is 6.60. The van der Waals surface area contributed by atoms with E-state index >= 15 is 0 Å². The van der Waals surface area contributed by atoms with Gasteiger partial charge < -0.3 is 14.9 Å². The van der Waals surface area contributed by atoms with Crippen molar-refractivity contribution in [1.82, 2.24) is 0 Å². The molecule has 5 rings (SSSR count). The molecule has 0 bridgehead atoms. The highest BCUT2D eigenvalue weighted by molar-refractivity contribution is 6.00. The smallest absolute Gasteiger partial charge is 0.306 e. The van der Waals surface area contributed by atoms with Gasteiger partial charge in [0, 0.05) is 29.1 Å². The first-order valence-corrected chi connectivity index (χ1v) is 13.6. The monoisotopic (exact) mass is 512 g/mol. The van der Waals surface area contributed by atoms with Crippen LogP contribution in [0.3, 0.4) is 0 Å². The molecule has 37 heavy (non-hydrogen) atoms. The molecule has 0 radical (unpaired) electrons. The van der Waals surface area contributed by atoms with Crippen molar-refractivity contribution in [3.63, 3.8) is 0 Å². The van der Waals surface area contributed by atoms with E-state index in [1.807, 2.05) is 27.7 Å². The fourth-order valence-corrected chi connectivity index (χ4v) is 9.21. The molecule has 5 aliphatic rings. The number of aliphatic carboxylic acids is 1. The Balaban J connectivity index is 1.58. The number of fused-ring (bicyclic) bond motifs is 3. The number of aliphatic hydroxyl groups excluding tert-OH is 1. The summed E-state index contributed by atoms with van der Waals surface area (Å²) in [4.78, 5) is 50.9. The molecule has 1 heterocycles. The van der Waals surface area contributed by atoms with Gasteiger partial charge in [0.1, 0.15) is 11.4 Å². The van der Waals surface area contributed by atoms with Gasteiger partial charge in [0.05, 0.1) is 18.1 Å². The standard InChI is InChI=1S/C30H40O7/c1-15(10-17(31)11-16(2)25(35)36)18-12-23(34)29(7)28(18,6)22(33)13-20-27(5)9-8-21(32)26(3,4)19(27)14-24-30(20,29)37-24/h10,13,16,18-19,23-24,34H,8-9,11-12,14H2,1-7H3,(H,35,36). The Morgan fingerprint density at radius 1 is 1.16 bits per heavy atom. The Labute approximate surface area is 218 Å². The van der Waals surface area contributed by atoms with Crippen LogP contribution in [0.1, 0.15) is 80.6 Å². The van der Waals surface area contributed by atoms with Crippen molar-refractivity contribution in [2.24, 2.45) is 39.4 Å². The second-order valence-electron chi connectivity index (χ2n) is 13.6. The Kier molecular flexibility index (Phi) is 5.53. The number of carboxylic acids is 1. The van der Waals surface area contributed by atoms with E-state index in [9.17, 15) is 29.4 Å². The normalized spacial score (nSPS) is 46.7. The summed E-state index contributed by atoms with van der Waals surface area (Å²) in [5.41, 5.74) is -1.92. The molecule has 0 aromatic rings. The molecular formula is C30H40O7. The van der Waals surface area contributed by atoms with Gasteiger partial charge in [-0.25, -0.2) is 0 Å². The molecule has 7 nitrogen and oxygen atoms in total. The Morgan fingerprint density at radius 3 is 2.43 bits per heavy atom. The summed E-state index contributed by atoms with van der Waals surface area (Å²) in [6.45, 7) is 13.4. The quantitative estimate of drug-likeness (QED) is 0.421. The molecule has 4 fully saturated rings. The van der Waals surface area contributed by atoms with Crippen LogP contribution < -0.4 is 0 Å². The first-order chi connectivity index (χ1) is 17.0. The van der Waals surface area contributed by atoms with E-state index in [4.69, 9.17) is 4.74 Å². The van der Waals surface area contributed by atoms with E-state index in [1.165, 1.54) is 13.0 Å². The lowest BCUT2D eigenvalue weighted by Gasteiger charge is -2.60. The summed E-state index contributed by atoms with van der Waals surface area (Å²) >= 11 is 0. The van der Waals surface area contributed by atoms with E-state index in [-0.39, 0.29) is 47.1 Å². The van der Waals surface area contributed by atoms with Gasteiger partial charge in [-0.15, -0.1) is 0 Å². The topological polar surface area (TPSA) is 121 Å². The largest absolute Gasteiger partial charge is 0.481 e. The van der Waals surface area contributed by atoms with Gasteiger partial charge in [-0.2, -0.15) is 0 Å². The SMILES string of the molecule is CC(=CC(=O)CC(C)C(=O)O)C1CC(O)C2(C)C1(C)C(=O)C=C1C3(C)CCC(=O)C(C)(C)C3CC3OC132. The molecule has 2 N–H and O–H groups in total. The van der Waals surface area contributed by atoms with Crippen LogP contribution >= 0.6 is 0 Å². The van der Waals surface area contributed by atoms with Gasteiger partial charge in [-0.05, 0) is 61.2 Å². The van der Waals surface area contributed by atoms with Gasteiger partial charge in [0.15, 0.2) is 11.6 Å². The highest BCUT2D eigenvalue weighted by atomic mass is 16.6. The molecule has 9 atom stereocenters. The van der Waals surface area contributed by atoms with Crippen LogP contribution in [0.4, 0.5) is 0 Å². The van der Waals surface area contributed by atoms with Gasteiger partial charge in [-0.1, -0.05) is 47.1 Å². The lowest BCUT2D eigenvalue weighted by Crippen LogP contribution is -2.65. The highest BCUT2D eigenvalue weighted by Gasteiger charge is 2.85. The summed E-state index contributed by atoms with van der Waals surface area (Å²) in [5, 5.41) is 20.9. The zero-order chi connectivity index (χ0) is 27.5. The van der Waals surface area contributed by atoms with Crippen LogP contribution in [0.15, 0.2) is 23.3 Å². The van der Waals surface area contributed by atoms with Gasteiger partial charge >= 0.3 is 5.97 Å². The maximum Gasteiger partial charge on any atom is 0.306 e. The van der Waals surface area contributed by atoms with Crippen molar-refractivity contribution in [3.8, 4) is 0 Å². The van der Waals surface area contributed by atoms with Crippen molar-refractivity contribution >= 4 is 23.3 Å². The third kappa shape index (κ3) is 3.01. The van der Waals surface area contributed by atoms with E-state index in [1.54, 1.807) is 13.0 Å². The fourth-order valence-electron chi connectivity index (χ4n) is 9.21. The maximum atomic E-state index is 14.2. The number of aliphatic hydroxyl groups is 1. The zero-order valence-corrected chi connectivity index (χ0v) is 23.0. The van der Waals surface area contributed by atoms with E-state index in [2.05, 4.69) is 6.92 Å². The number of hydrogen-bond donors (Lipinski definition) is 2. The van der Waals surface area contributed by atoms with Crippen molar-refractivity contribution in [3.05, 3.63) is 23.3 Å². The molecule has 9 unspecified atom stereocenters. The second-order valence-corrected chi connectivity index (χ2v) is 13.6. The van der Waals surface area contributed by atoms with Crippen LogP contribution in [0.25, 0.3) is 0 Å². The van der Waals surface area contributed by atoms with Crippen LogP contribution in [0, 0.1) is 39.4 Å². The third-order valence-corrected chi connectivity index (χ3v) is 11.7. The molecule has 1 saturated heterocycles. The molecular weight excluding hydrogens is 472 g/mol. The molecule has 0 aromatic heterocycles. The van der Waals surface area contributed by atoms with Crippen molar-refractivity contribution in [2.45, 2.75) is 98.4 Å². The minimum atomic E-state index is -1.02. The van der Waals surface area contributed by atoms with Crippen LogP contribution in [-0.2, 0) is 23.9 Å². The number of carboxylic acid groups (broad SMARTS) is 1. The zero-order valence-electron chi connectivity index (χ0n) is 23.0. The van der Waals surface area contributed by atoms with E-state index < -0.39 is 39.8 Å². The average molecular weight is 513 g/mol. The lowest BCUT2D eigenvalue weighted by atomic mass is 9.40. The number of Topliss-reactive ketones (excluding diaryl/α,β-unsaturated/α-hetero) is 1. The summed E-state index contributed by atoms with van der Waals surface area (Å²) in [6, 6.07) is 0. The Morgan fingerprint density at radius 2 is 1.81 bits per heavy atom. The predicted molar refractivity (Wildman–Crippen MR) is 135 cm³/mol. The molecule has 0 aromatic carbocycles. The molecule has 4 aliphatic carbocycles. The van der Waals surface area contributed by atoms with Crippen LogP contribution in [0.2, 0.25) is 0 Å². The van der Waals surface area contributed by atoms with Gasteiger partial charge in [-0.3, -0.25) is 19.2 Å². The number of epoxide rings is 1. The molecule has 1 spiro atoms. The second kappa shape index (κ2) is 7.72. The number of carbonyl (C=O) groups is 4.